The quantitative estimate of drug-likeness (QED) is 0.666. The summed E-state index contributed by atoms with van der Waals surface area (Å²) in [6.07, 6.45) is 1.23. The van der Waals surface area contributed by atoms with Crippen LogP contribution in [0.2, 0.25) is 10.0 Å². The minimum atomic E-state index is -3.81. The second-order valence-corrected chi connectivity index (χ2v) is 11.8. The Balaban J connectivity index is 1.45. The van der Waals surface area contributed by atoms with Crippen LogP contribution in [-0.4, -0.2) is 77.2 Å². The van der Waals surface area contributed by atoms with E-state index in [4.69, 9.17) is 23.2 Å². The van der Waals surface area contributed by atoms with E-state index in [-0.39, 0.29) is 52.8 Å². The molecule has 3 aliphatic rings. The molecule has 3 heterocycles. The Kier molecular flexibility index (Phi) is 5.57. The standard InChI is InChI=1S/C18H21Cl2N3O4S2/c1-18-5-4-16(24)23(18)14(11-28-18)17(25)21-6-8-22(9-7-21)29(26,27)15-10-12(19)2-3-13(15)20/h2-3,10,14H,4-9,11H2,1H3/t14-,18-/m1/s1. The Labute approximate surface area is 184 Å². The number of nitrogens with zero attached hydrogens (tertiary/aromatic N) is 3. The highest BCUT2D eigenvalue weighted by Gasteiger charge is 2.53. The van der Waals surface area contributed by atoms with Crippen LogP contribution in [0.3, 0.4) is 0 Å². The molecule has 0 radical (unpaired) electrons. The summed E-state index contributed by atoms with van der Waals surface area (Å²) in [6.45, 7) is 2.89. The van der Waals surface area contributed by atoms with Crippen LogP contribution in [0.25, 0.3) is 0 Å². The average Bonchev–Trinajstić information content (AvgIpc) is 3.19. The number of hydrogen-bond donors (Lipinski definition) is 0. The molecule has 7 nitrogen and oxygen atoms in total. The van der Waals surface area contributed by atoms with Gasteiger partial charge in [-0.1, -0.05) is 23.2 Å². The number of piperazine rings is 1. The molecule has 0 unspecified atom stereocenters. The Morgan fingerprint density at radius 1 is 1.21 bits per heavy atom. The first-order chi connectivity index (χ1) is 13.6. The van der Waals surface area contributed by atoms with Crippen LogP contribution in [-0.2, 0) is 19.6 Å². The lowest BCUT2D eigenvalue weighted by Gasteiger charge is -2.37. The summed E-state index contributed by atoms with van der Waals surface area (Å²) in [5.74, 6) is 0.500. The molecule has 3 aliphatic heterocycles. The normalized spacial score (nSPS) is 28.1. The zero-order valence-electron chi connectivity index (χ0n) is 15.8. The second kappa shape index (κ2) is 7.60. The van der Waals surface area contributed by atoms with Crippen LogP contribution >= 0.6 is 35.0 Å². The predicted octanol–water partition coefficient (Wildman–Crippen LogP) is 2.28. The van der Waals surface area contributed by atoms with Gasteiger partial charge in [0.05, 0.1) is 9.89 Å². The summed E-state index contributed by atoms with van der Waals surface area (Å²) in [6, 6.07) is 3.86. The van der Waals surface area contributed by atoms with Gasteiger partial charge in [0.25, 0.3) is 0 Å². The van der Waals surface area contributed by atoms with Crippen molar-refractivity contribution in [3.05, 3.63) is 28.2 Å². The molecule has 0 saturated carbocycles. The van der Waals surface area contributed by atoms with Crippen LogP contribution < -0.4 is 0 Å². The fourth-order valence-corrected chi connectivity index (χ4v) is 7.76. The molecule has 2 amide bonds. The monoisotopic (exact) mass is 477 g/mol. The van der Waals surface area contributed by atoms with E-state index < -0.39 is 16.1 Å². The van der Waals surface area contributed by atoms with Crippen molar-refractivity contribution in [2.24, 2.45) is 0 Å². The average molecular weight is 478 g/mol. The second-order valence-electron chi connectivity index (χ2n) is 7.57. The van der Waals surface area contributed by atoms with Gasteiger partial charge in [-0.25, -0.2) is 8.42 Å². The summed E-state index contributed by atoms with van der Waals surface area (Å²) in [7, 11) is -3.81. The predicted molar refractivity (Wildman–Crippen MR) is 113 cm³/mol. The molecule has 0 aromatic heterocycles. The number of halogens is 2. The SMILES string of the molecule is C[C@@]12CCC(=O)N1[C@@H](C(=O)N1CCN(S(=O)(=O)c3cc(Cl)ccc3Cl)CC1)CS2. The molecule has 3 saturated heterocycles. The smallest absolute Gasteiger partial charge is 0.246 e. The van der Waals surface area contributed by atoms with Crippen LogP contribution in [0.1, 0.15) is 19.8 Å². The minimum Gasteiger partial charge on any atom is -0.338 e. The maximum absolute atomic E-state index is 13.1. The maximum Gasteiger partial charge on any atom is 0.246 e. The summed E-state index contributed by atoms with van der Waals surface area (Å²) in [4.78, 5) is 28.4. The third-order valence-corrected chi connectivity index (χ3v) is 9.91. The number of hydrogen-bond acceptors (Lipinski definition) is 5. The third-order valence-electron chi connectivity index (χ3n) is 5.79. The van der Waals surface area contributed by atoms with E-state index in [1.165, 1.54) is 22.5 Å². The van der Waals surface area contributed by atoms with E-state index in [1.807, 2.05) is 6.92 Å². The summed E-state index contributed by atoms with van der Waals surface area (Å²) < 4.78 is 27.2. The Bertz CT molecular complexity index is 966. The molecule has 29 heavy (non-hydrogen) atoms. The molecule has 1 aromatic carbocycles. The number of amides is 2. The number of carbonyl (C=O) groups is 2. The Hall–Kier alpha value is -1.000. The van der Waals surface area contributed by atoms with E-state index in [0.717, 1.165) is 6.42 Å². The van der Waals surface area contributed by atoms with Crippen LogP contribution in [0.15, 0.2) is 23.1 Å². The molecular weight excluding hydrogens is 457 g/mol. The van der Waals surface area contributed by atoms with Gasteiger partial charge >= 0.3 is 0 Å². The van der Waals surface area contributed by atoms with Crippen LogP contribution in [0.5, 0.6) is 0 Å². The van der Waals surface area contributed by atoms with E-state index in [2.05, 4.69) is 0 Å². The molecule has 1 aromatic rings. The number of benzene rings is 1. The largest absolute Gasteiger partial charge is 0.338 e. The van der Waals surface area contributed by atoms with Gasteiger partial charge < -0.3 is 9.80 Å². The lowest BCUT2D eigenvalue weighted by molar-refractivity contribution is -0.144. The van der Waals surface area contributed by atoms with Gasteiger partial charge in [-0.3, -0.25) is 9.59 Å². The van der Waals surface area contributed by atoms with Gasteiger partial charge in [0.1, 0.15) is 10.9 Å². The van der Waals surface area contributed by atoms with Crippen molar-refractivity contribution in [3.63, 3.8) is 0 Å². The van der Waals surface area contributed by atoms with Gasteiger partial charge in [0.15, 0.2) is 0 Å². The number of rotatable bonds is 3. The highest BCUT2D eigenvalue weighted by molar-refractivity contribution is 8.01. The molecule has 2 atom stereocenters. The minimum absolute atomic E-state index is 0.0210. The molecule has 0 N–H and O–H groups in total. The first-order valence-corrected chi connectivity index (χ1v) is 12.5. The molecule has 4 rings (SSSR count). The zero-order chi connectivity index (χ0) is 21.0. The highest BCUT2D eigenvalue weighted by atomic mass is 35.5. The van der Waals surface area contributed by atoms with Gasteiger partial charge in [0.2, 0.25) is 21.8 Å². The third kappa shape index (κ3) is 3.65. The summed E-state index contributed by atoms with van der Waals surface area (Å²) in [5, 5.41) is 0.404. The van der Waals surface area contributed by atoms with Gasteiger partial charge in [-0.05, 0) is 31.5 Å². The zero-order valence-corrected chi connectivity index (χ0v) is 19.0. The van der Waals surface area contributed by atoms with Crippen LogP contribution in [0.4, 0.5) is 0 Å². The number of carbonyl (C=O) groups excluding carboxylic acids is 2. The molecule has 0 spiro atoms. The van der Waals surface area contributed by atoms with E-state index >= 15 is 0 Å². The lowest BCUT2D eigenvalue weighted by atomic mass is 10.2. The molecule has 158 valence electrons. The van der Waals surface area contributed by atoms with Crippen molar-refractivity contribution in [3.8, 4) is 0 Å². The fraction of sp³-hybridized carbons (Fsp3) is 0.556. The molecule has 0 bridgehead atoms. The number of fused-ring (bicyclic) bond motifs is 1. The maximum atomic E-state index is 13.1. The van der Waals surface area contributed by atoms with Crippen LogP contribution in [0, 0.1) is 0 Å². The molecule has 11 heteroatoms. The molecular formula is C18H21Cl2N3O4S2. The first-order valence-electron chi connectivity index (χ1n) is 9.34. The van der Waals surface area contributed by atoms with Crippen molar-refractivity contribution in [1.82, 2.24) is 14.1 Å². The van der Waals surface area contributed by atoms with E-state index in [0.29, 0.717) is 17.2 Å². The topological polar surface area (TPSA) is 78.0 Å². The Morgan fingerprint density at radius 2 is 1.90 bits per heavy atom. The van der Waals surface area contributed by atoms with Gasteiger partial charge in [0, 0.05) is 43.4 Å². The molecule has 0 aliphatic carbocycles. The number of thioether (sulfide) groups is 1. The van der Waals surface area contributed by atoms with Gasteiger partial charge in [-0.2, -0.15) is 4.31 Å². The van der Waals surface area contributed by atoms with Crippen molar-refractivity contribution in [2.45, 2.75) is 35.6 Å². The Morgan fingerprint density at radius 3 is 2.59 bits per heavy atom. The molecule has 3 fully saturated rings. The van der Waals surface area contributed by atoms with Gasteiger partial charge in [-0.15, -0.1) is 11.8 Å². The summed E-state index contributed by atoms with van der Waals surface area (Å²) >= 11 is 13.7. The van der Waals surface area contributed by atoms with Crippen molar-refractivity contribution in [2.75, 3.05) is 31.9 Å². The lowest BCUT2D eigenvalue weighted by Crippen LogP contribution is -2.56. The highest BCUT2D eigenvalue weighted by Crippen LogP contribution is 2.47. The fourth-order valence-electron chi connectivity index (χ4n) is 4.18. The first kappa shape index (κ1) is 21.2. The number of sulfonamides is 1. The van der Waals surface area contributed by atoms with Crippen molar-refractivity contribution in [1.29, 1.82) is 0 Å². The van der Waals surface area contributed by atoms with E-state index in [1.54, 1.807) is 21.6 Å². The van der Waals surface area contributed by atoms with Crippen molar-refractivity contribution < 1.29 is 18.0 Å². The summed E-state index contributed by atoms with van der Waals surface area (Å²) in [5.41, 5.74) is 0. The van der Waals surface area contributed by atoms with Crippen molar-refractivity contribution >= 4 is 56.8 Å². The van der Waals surface area contributed by atoms with E-state index in [9.17, 15) is 18.0 Å².